The fourth-order valence-electron chi connectivity index (χ4n) is 4.19. The van der Waals surface area contributed by atoms with Crippen LogP contribution in [0.15, 0.2) is 42.9 Å². The molecule has 4 atom stereocenters. The van der Waals surface area contributed by atoms with E-state index in [-0.39, 0.29) is 44.2 Å². The number of hydrogen-bond donors (Lipinski definition) is 3. The van der Waals surface area contributed by atoms with Crippen LogP contribution < -0.4 is 10.6 Å². The third-order valence-electron chi connectivity index (χ3n) is 5.86. The number of halogens is 1. The number of anilines is 1. The number of urea groups is 1. The molecule has 0 spiro atoms. The highest BCUT2D eigenvalue weighted by Crippen LogP contribution is 2.28. The van der Waals surface area contributed by atoms with E-state index in [1.165, 1.54) is 30.6 Å². The zero-order valence-corrected chi connectivity index (χ0v) is 18.6. The number of nitrogens with one attached hydrogen (secondary N) is 2. The van der Waals surface area contributed by atoms with Crippen LogP contribution in [0.4, 0.5) is 14.9 Å². The first-order chi connectivity index (χ1) is 16.5. The first-order valence-corrected chi connectivity index (χ1v) is 11.2. The van der Waals surface area contributed by atoms with Crippen molar-refractivity contribution in [2.75, 3.05) is 25.1 Å². The molecule has 2 aromatic rings. The first kappa shape index (κ1) is 24.0. The van der Waals surface area contributed by atoms with Gasteiger partial charge in [-0.2, -0.15) is 0 Å². The molecule has 0 bridgehead atoms. The zero-order chi connectivity index (χ0) is 23.9. The van der Waals surface area contributed by atoms with E-state index in [9.17, 15) is 19.1 Å². The van der Waals surface area contributed by atoms with E-state index in [0.717, 1.165) is 0 Å². The molecule has 1 aromatic heterocycles. The number of aliphatic hydroxyl groups is 1. The van der Waals surface area contributed by atoms with Crippen molar-refractivity contribution >= 4 is 17.6 Å². The van der Waals surface area contributed by atoms with Gasteiger partial charge in [0.05, 0.1) is 56.7 Å². The van der Waals surface area contributed by atoms with Gasteiger partial charge in [-0.05, 0) is 43.2 Å². The maximum absolute atomic E-state index is 13.2. The molecule has 3 N–H and O–H groups in total. The van der Waals surface area contributed by atoms with Gasteiger partial charge in [0.2, 0.25) is 5.91 Å². The highest BCUT2D eigenvalue weighted by molar-refractivity contribution is 5.89. The number of rotatable bonds is 5. The lowest BCUT2D eigenvalue weighted by Gasteiger charge is -2.44. The van der Waals surface area contributed by atoms with Crippen molar-refractivity contribution in [2.24, 2.45) is 0 Å². The van der Waals surface area contributed by atoms with Gasteiger partial charge in [0.25, 0.3) is 0 Å². The lowest BCUT2D eigenvalue weighted by molar-refractivity contribution is -0.149. The molecule has 2 aliphatic heterocycles. The highest BCUT2D eigenvalue weighted by atomic mass is 19.1. The average Bonchev–Trinajstić information content (AvgIpc) is 2.82. The van der Waals surface area contributed by atoms with Crippen LogP contribution in [0.25, 0.3) is 0 Å². The zero-order valence-electron chi connectivity index (χ0n) is 18.6. The molecule has 10 nitrogen and oxygen atoms in total. The molecule has 11 heteroatoms. The van der Waals surface area contributed by atoms with Crippen LogP contribution in [-0.2, 0) is 20.8 Å². The number of β-amino-alcohol motifs (C(OH)–C–C–N with tert-alkyl or cyclic N) is 1. The Morgan fingerprint density at radius 3 is 2.76 bits per heavy atom. The van der Waals surface area contributed by atoms with Crippen molar-refractivity contribution in [3.63, 3.8) is 0 Å². The van der Waals surface area contributed by atoms with E-state index in [2.05, 4.69) is 20.6 Å². The van der Waals surface area contributed by atoms with Crippen LogP contribution in [0.5, 0.6) is 0 Å². The number of benzene rings is 1. The smallest absolute Gasteiger partial charge is 0.322 e. The van der Waals surface area contributed by atoms with Crippen molar-refractivity contribution in [3.05, 3.63) is 54.4 Å². The molecule has 2 fully saturated rings. The number of aromatic nitrogens is 2. The predicted molar refractivity (Wildman–Crippen MR) is 119 cm³/mol. The van der Waals surface area contributed by atoms with E-state index in [1.54, 1.807) is 17.2 Å². The van der Waals surface area contributed by atoms with Gasteiger partial charge < -0.3 is 30.1 Å². The van der Waals surface area contributed by atoms with E-state index in [1.807, 2.05) is 0 Å². The average molecular weight is 474 g/mol. The molecule has 0 unspecified atom stereocenters. The summed E-state index contributed by atoms with van der Waals surface area (Å²) in [6.45, 7) is 0.637. The Kier molecular flexibility index (Phi) is 7.99. The van der Waals surface area contributed by atoms with Crippen LogP contribution in [-0.4, -0.2) is 76.0 Å². The number of hydrogen-bond acceptors (Lipinski definition) is 7. The molecule has 182 valence electrons. The van der Waals surface area contributed by atoms with E-state index < -0.39 is 24.1 Å². The number of carbonyl (C=O) groups is 2. The Balaban J connectivity index is 1.36. The number of ether oxygens (including phenoxy) is 2. The molecule has 3 amide bonds. The topological polar surface area (TPSA) is 126 Å². The molecule has 4 rings (SSSR count). The predicted octanol–water partition coefficient (Wildman–Crippen LogP) is 1.46. The Bertz CT molecular complexity index is 964. The van der Waals surface area contributed by atoms with Crippen LogP contribution >= 0.6 is 0 Å². The minimum absolute atomic E-state index is 0.0665. The van der Waals surface area contributed by atoms with Crippen molar-refractivity contribution in [1.29, 1.82) is 0 Å². The summed E-state index contributed by atoms with van der Waals surface area (Å²) in [7, 11) is 0. The molecular weight excluding hydrogens is 445 g/mol. The van der Waals surface area contributed by atoms with Gasteiger partial charge in [0.15, 0.2) is 0 Å². The van der Waals surface area contributed by atoms with Gasteiger partial charge in [-0.1, -0.05) is 0 Å². The minimum Gasteiger partial charge on any atom is -0.389 e. The third-order valence-corrected chi connectivity index (χ3v) is 5.86. The molecule has 0 saturated carbocycles. The summed E-state index contributed by atoms with van der Waals surface area (Å²) in [5.41, 5.74) is 1.16. The summed E-state index contributed by atoms with van der Waals surface area (Å²) < 4.78 is 24.9. The largest absolute Gasteiger partial charge is 0.389 e. The summed E-state index contributed by atoms with van der Waals surface area (Å²) >= 11 is 0. The number of amides is 3. The van der Waals surface area contributed by atoms with Crippen LogP contribution in [0, 0.1) is 5.82 Å². The lowest BCUT2D eigenvalue weighted by Crippen LogP contribution is -2.58. The maximum atomic E-state index is 13.2. The quantitative estimate of drug-likeness (QED) is 0.600. The fourth-order valence-corrected chi connectivity index (χ4v) is 4.19. The Morgan fingerprint density at radius 1 is 1.18 bits per heavy atom. The molecule has 1 aromatic carbocycles. The second kappa shape index (κ2) is 11.3. The van der Waals surface area contributed by atoms with Crippen LogP contribution in [0.1, 0.15) is 25.0 Å². The van der Waals surface area contributed by atoms with Crippen LogP contribution in [0.2, 0.25) is 0 Å². The number of fused-ring (bicyclic) bond motifs is 1. The monoisotopic (exact) mass is 473 g/mol. The van der Waals surface area contributed by atoms with Crippen molar-refractivity contribution in [3.8, 4) is 0 Å². The Labute approximate surface area is 196 Å². The lowest BCUT2D eigenvalue weighted by atomic mass is 9.95. The van der Waals surface area contributed by atoms with E-state index in [0.29, 0.717) is 30.8 Å². The number of carbonyl (C=O) groups excluding carboxylic acids is 2. The normalized spacial score (nSPS) is 24.9. The molecule has 2 aliphatic rings. The van der Waals surface area contributed by atoms with Gasteiger partial charge in [-0.25, -0.2) is 19.2 Å². The molecule has 3 heterocycles. The van der Waals surface area contributed by atoms with Crippen molar-refractivity contribution in [2.45, 2.75) is 50.2 Å². The van der Waals surface area contributed by atoms with Crippen molar-refractivity contribution in [1.82, 2.24) is 20.2 Å². The molecule has 34 heavy (non-hydrogen) atoms. The van der Waals surface area contributed by atoms with E-state index >= 15 is 0 Å². The van der Waals surface area contributed by atoms with Crippen molar-refractivity contribution < 1.29 is 28.6 Å². The number of aliphatic hydroxyl groups excluding tert-OH is 1. The van der Waals surface area contributed by atoms with Gasteiger partial charge in [-0.15, -0.1) is 0 Å². The molecule has 0 radical (unpaired) electrons. The number of nitrogens with zero attached hydrogens (tertiary/aromatic N) is 3. The van der Waals surface area contributed by atoms with Gasteiger partial charge in [0.1, 0.15) is 18.2 Å². The van der Waals surface area contributed by atoms with Gasteiger partial charge >= 0.3 is 6.03 Å². The first-order valence-electron chi connectivity index (χ1n) is 11.2. The third kappa shape index (κ3) is 6.46. The van der Waals surface area contributed by atoms with Gasteiger partial charge in [-0.3, -0.25) is 4.79 Å². The summed E-state index contributed by atoms with van der Waals surface area (Å²) in [4.78, 5) is 34.9. The Hall–Kier alpha value is -3.15. The fraction of sp³-hybridized carbons (Fsp3) is 0.478. The summed E-state index contributed by atoms with van der Waals surface area (Å²) in [6.07, 6.45) is 2.77. The highest BCUT2D eigenvalue weighted by Gasteiger charge is 2.40. The summed E-state index contributed by atoms with van der Waals surface area (Å²) in [5, 5.41) is 15.8. The second-order valence-electron chi connectivity index (χ2n) is 8.40. The maximum Gasteiger partial charge on any atom is 0.322 e. The SMILES string of the molecule is O=C(C[C@H]1CC[C@@H]2[C@H](COC[C@@H](O)CN2C(=O)Nc2ccc(F)cc2)O1)NCc1ccncn1. The second-order valence-corrected chi connectivity index (χ2v) is 8.40. The molecule has 0 aliphatic carbocycles. The van der Waals surface area contributed by atoms with Crippen LogP contribution in [0.3, 0.4) is 0 Å². The van der Waals surface area contributed by atoms with E-state index in [4.69, 9.17) is 9.47 Å². The summed E-state index contributed by atoms with van der Waals surface area (Å²) in [6, 6.07) is 6.46. The molecular formula is C23H28FN5O5. The summed E-state index contributed by atoms with van der Waals surface area (Å²) in [5.74, 6) is -0.556. The molecule has 2 saturated heterocycles. The standard InChI is InChI=1S/C23H28FN5O5/c24-15-1-3-16(4-2-15)28-23(32)29-11-18(30)12-33-13-21-20(29)6-5-19(34-21)9-22(31)26-10-17-7-8-25-14-27-17/h1-4,7-8,14,18-21,30H,5-6,9-13H2,(H,26,31)(H,28,32)/t18-,19+,20+,21-/m0/s1. The van der Waals surface area contributed by atoms with Gasteiger partial charge in [0, 0.05) is 11.9 Å². The minimum atomic E-state index is -0.842. The Morgan fingerprint density at radius 2 is 2.00 bits per heavy atom.